The highest BCUT2D eigenvalue weighted by Crippen LogP contribution is 2.35. The third-order valence-electron chi connectivity index (χ3n) is 4.52. The molecule has 2 aromatic rings. The van der Waals surface area contributed by atoms with Gasteiger partial charge in [-0.25, -0.2) is 0 Å². The molecule has 0 aliphatic carbocycles. The number of hydrogen-bond acceptors (Lipinski definition) is 0. The van der Waals surface area contributed by atoms with E-state index in [9.17, 15) is 0 Å². The van der Waals surface area contributed by atoms with E-state index >= 15 is 0 Å². The molecule has 2 aromatic carbocycles. The van der Waals surface area contributed by atoms with Crippen LogP contribution >= 0.6 is 23.2 Å². The highest BCUT2D eigenvalue weighted by Gasteiger charge is 2.23. The van der Waals surface area contributed by atoms with E-state index in [-0.39, 0.29) is 16.7 Å². The summed E-state index contributed by atoms with van der Waals surface area (Å²) in [5.41, 5.74) is 5.22. The second-order valence-electron chi connectivity index (χ2n) is 8.56. The van der Waals surface area contributed by atoms with Crippen LogP contribution in [-0.4, -0.2) is 4.84 Å². The van der Waals surface area contributed by atoms with Crippen molar-refractivity contribution >= 4 is 23.2 Å². The van der Waals surface area contributed by atoms with E-state index in [1.807, 2.05) is 0 Å². The molecule has 0 saturated carbocycles. The molecule has 0 N–H and O–H groups in total. The molecule has 0 atom stereocenters. The van der Waals surface area contributed by atoms with Crippen LogP contribution in [0.1, 0.15) is 69.7 Å². The van der Waals surface area contributed by atoms with Gasteiger partial charge < -0.3 is 0 Å². The Hall–Kier alpha value is -0.980. The third-order valence-corrected chi connectivity index (χ3v) is 5.03. The van der Waals surface area contributed by atoms with Crippen LogP contribution in [0.25, 0.3) is 0 Å². The number of halogens is 2. The minimum Gasteiger partial charge on any atom is -0.104 e. The molecule has 0 aromatic heterocycles. The maximum atomic E-state index is 6.34. The van der Waals surface area contributed by atoms with Gasteiger partial charge in [-0.1, -0.05) is 90.1 Å². The van der Waals surface area contributed by atoms with E-state index in [0.29, 0.717) is 0 Å². The number of rotatable bonds is 3. The van der Waals surface area contributed by atoms with Crippen LogP contribution in [0, 0.1) is 0 Å². The van der Waals surface area contributed by atoms with Gasteiger partial charge >= 0.3 is 0 Å². The SMILES string of the molecule is CC(C)(C)c1ccc(C(c2ccc(C(C)(C)C)cc2)C(Cl)Cl)cc1. The minimum atomic E-state index is -0.481. The molecule has 0 aliphatic rings. The van der Waals surface area contributed by atoms with Crippen molar-refractivity contribution in [2.45, 2.75) is 63.1 Å². The first-order valence-electron chi connectivity index (χ1n) is 8.49. The molecular weight excluding hydrogens is 335 g/mol. The van der Waals surface area contributed by atoms with E-state index in [2.05, 4.69) is 90.1 Å². The molecule has 0 saturated heterocycles. The van der Waals surface area contributed by atoms with Crippen molar-refractivity contribution in [1.29, 1.82) is 0 Å². The van der Waals surface area contributed by atoms with Crippen molar-refractivity contribution in [3.05, 3.63) is 70.8 Å². The molecule has 0 heterocycles. The van der Waals surface area contributed by atoms with Gasteiger partial charge in [0.2, 0.25) is 0 Å². The fraction of sp³-hybridized carbons (Fsp3) is 0.455. The Morgan fingerprint density at radius 3 is 1.08 bits per heavy atom. The lowest BCUT2D eigenvalue weighted by Crippen LogP contribution is -2.14. The first-order chi connectivity index (χ1) is 11.0. The maximum Gasteiger partial charge on any atom is 0.118 e. The van der Waals surface area contributed by atoms with Gasteiger partial charge in [-0.05, 0) is 33.1 Å². The standard InChI is InChI=1S/C22H28Cl2/c1-21(2,3)17-11-7-15(8-12-17)19(20(23)24)16-9-13-18(14-10-16)22(4,5)6/h7-14,19-20H,1-6H3. The van der Waals surface area contributed by atoms with Crippen LogP contribution in [0.3, 0.4) is 0 Å². The van der Waals surface area contributed by atoms with Crippen molar-refractivity contribution in [3.8, 4) is 0 Å². The highest BCUT2D eigenvalue weighted by molar-refractivity contribution is 6.45. The number of alkyl halides is 2. The molecule has 0 amide bonds. The van der Waals surface area contributed by atoms with Gasteiger partial charge in [0, 0.05) is 5.92 Å². The van der Waals surface area contributed by atoms with Gasteiger partial charge in [0.05, 0.1) is 0 Å². The van der Waals surface area contributed by atoms with Crippen molar-refractivity contribution in [3.63, 3.8) is 0 Å². The van der Waals surface area contributed by atoms with Gasteiger partial charge in [-0.3, -0.25) is 0 Å². The fourth-order valence-corrected chi connectivity index (χ4v) is 3.45. The maximum absolute atomic E-state index is 6.34. The van der Waals surface area contributed by atoms with E-state index < -0.39 is 4.84 Å². The fourth-order valence-electron chi connectivity index (χ4n) is 2.86. The molecular formula is C22H28Cl2. The van der Waals surface area contributed by atoms with Crippen LogP contribution in [-0.2, 0) is 10.8 Å². The first-order valence-corrected chi connectivity index (χ1v) is 9.36. The van der Waals surface area contributed by atoms with Crippen molar-refractivity contribution < 1.29 is 0 Å². The van der Waals surface area contributed by atoms with Crippen LogP contribution in [0.2, 0.25) is 0 Å². The summed E-state index contributed by atoms with van der Waals surface area (Å²) >= 11 is 12.7. The summed E-state index contributed by atoms with van der Waals surface area (Å²) in [4.78, 5) is -0.481. The Bertz CT molecular complexity index is 596. The summed E-state index contributed by atoms with van der Waals surface area (Å²) in [5, 5.41) is 0. The van der Waals surface area contributed by atoms with Crippen LogP contribution < -0.4 is 0 Å². The number of hydrogen-bond donors (Lipinski definition) is 0. The molecule has 2 rings (SSSR count). The molecule has 0 aliphatic heterocycles. The van der Waals surface area contributed by atoms with Crippen LogP contribution in [0.15, 0.2) is 48.5 Å². The van der Waals surface area contributed by atoms with Gasteiger partial charge in [0.15, 0.2) is 0 Å². The lowest BCUT2D eigenvalue weighted by atomic mass is 9.83. The molecule has 2 heteroatoms. The lowest BCUT2D eigenvalue weighted by Gasteiger charge is -2.24. The first kappa shape index (κ1) is 19.3. The summed E-state index contributed by atoms with van der Waals surface area (Å²) in [6.07, 6.45) is 0. The van der Waals surface area contributed by atoms with Gasteiger partial charge in [0.25, 0.3) is 0 Å². The summed E-state index contributed by atoms with van der Waals surface area (Å²) in [5.74, 6) is -0.0172. The molecule has 0 fully saturated rings. The van der Waals surface area contributed by atoms with Crippen molar-refractivity contribution in [2.24, 2.45) is 0 Å². The highest BCUT2D eigenvalue weighted by atomic mass is 35.5. The summed E-state index contributed by atoms with van der Waals surface area (Å²) < 4.78 is 0. The second-order valence-corrected chi connectivity index (χ2v) is 9.72. The Morgan fingerprint density at radius 2 is 0.875 bits per heavy atom. The van der Waals surface area contributed by atoms with Gasteiger partial charge in [-0.2, -0.15) is 0 Å². The largest absolute Gasteiger partial charge is 0.118 e. The average Bonchev–Trinajstić information content (AvgIpc) is 2.46. The molecule has 0 bridgehead atoms. The zero-order chi connectivity index (χ0) is 18.1. The zero-order valence-corrected chi connectivity index (χ0v) is 17.0. The van der Waals surface area contributed by atoms with E-state index in [1.165, 1.54) is 11.1 Å². The molecule has 0 spiro atoms. The quantitative estimate of drug-likeness (QED) is 0.505. The lowest BCUT2D eigenvalue weighted by molar-refractivity contribution is 0.589. The summed E-state index contributed by atoms with van der Waals surface area (Å²) in [7, 11) is 0. The zero-order valence-electron chi connectivity index (χ0n) is 15.5. The van der Waals surface area contributed by atoms with Gasteiger partial charge in [-0.15, -0.1) is 23.2 Å². The normalized spacial score (nSPS) is 12.9. The molecule has 24 heavy (non-hydrogen) atoms. The van der Waals surface area contributed by atoms with Gasteiger partial charge in [0.1, 0.15) is 4.84 Å². The molecule has 0 unspecified atom stereocenters. The monoisotopic (exact) mass is 362 g/mol. The van der Waals surface area contributed by atoms with Crippen LogP contribution in [0.5, 0.6) is 0 Å². The van der Waals surface area contributed by atoms with Crippen molar-refractivity contribution in [2.75, 3.05) is 0 Å². The summed E-state index contributed by atoms with van der Waals surface area (Å²) in [6.45, 7) is 13.3. The molecule has 0 radical (unpaired) electrons. The Kier molecular flexibility index (Phi) is 5.72. The topological polar surface area (TPSA) is 0 Å². The Labute approximate surface area is 157 Å². The molecule has 0 nitrogen and oxygen atoms in total. The van der Waals surface area contributed by atoms with E-state index in [0.717, 1.165) is 11.1 Å². The van der Waals surface area contributed by atoms with E-state index in [1.54, 1.807) is 0 Å². The Morgan fingerprint density at radius 1 is 0.583 bits per heavy atom. The van der Waals surface area contributed by atoms with Crippen LogP contribution in [0.4, 0.5) is 0 Å². The average molecular weight is 363 g/mol. The van der Waals surface area contributed by atoms with Crippen molar-refractivity contribution in [1.82, 2.24) is 0 Å². The second kappa shape index (κ2) is 7.10. The van der Waals surface area contributed by atoms with E-state index in [4.69, 9.17) is 23.2 Å². The Balaban J connectivity index is 2.36. The predicted octanol–water partition coefficient (Wildman–Crippen LogP) is 7.22. The number of benzene rings is 2. The third kappa shape index (κ3) is 4.55. The smallest absolute Gasteiger partial charge is 0.104 e. The molecule has 130 valence electrons. The minimum absolute atomic E-state index is 0.0172. The summed E-state index contributed by atoms with van der Waals surface area (Å²) in [6, 6.07) is 17.3. The predicted molar refractivity (Wildman–Crippen MR) is 108 cm³/mol.